The largest absolute Gasteiger partial charge is 0.493 e. The van der Waals surface area contributed by atoms with Gasteiger partial charge in [-0.3, -0.25) is 0 Å². The quantitative estimate of drug-likeness (QED) is 0.0936. The lowest BCUT2D eigenvalue weighted by Gasteiger charge is -2.30. The highest BCUT2D eigenvalue weighted by Crippen LogP contribution is 2.48. The number of methoxy groups -OCH3 is 2. The number of carboxylic acid groups (broad SMARTS) is 1. The Morgan fingerprint density at radius 3 is 1.07 bits per heavy atom. The summed E-state index contributed by atoms with van der Waals surface area (Å²) < 4.78 is 205. The Balaban J connectivity index is 0.000000189. The van der Waals surface area contributed by atoms with Crippen molar-refractivity contribution in [1.29, 1.82) is 0 Å². The van der Waals surface area contributed by atoms with Crippen molar-refractivity contribution in [2.75, 3.05) is 34.0 Å². The Bertz CT molecular complexity index is 3540. The maximum Gasteiger partial charge on any atom is 0.416 e. The van der Waals surface area contributed by atoms with E-state index in [1.54, 1.807) is 45.0 Å². The van der Waals surface area contributed by atoms with Gasteiger partial charge in [0.05, 0.1) is 61.9 Å². The summed E-state index contributed by atoms with van der Waals surface area (Å²) >= 11 is 0. The van der Waals surface area contributed by atoms with Gasteiger partial charge >= 0.3 is 36.4 Å². The van der Waals surface area contributed by atoms with Crippen molar-refractivity contribution >= 4 is 17.9 Å². The van der Waals surface area contributed by atoms with Gasteiger partial charge in [0, 0.05) is 33.4 Å². The van der Waals surface area contributed by atoms with Gasteiger partial charge in [-0.15, -0.1) is 0 Å². The van der Waals surface area contributed by atoms with Crippen molar-refractivity contribution in [2.45, 2.75) is 128 Å². The Hall–Kier alpha value is -7.83. The molecule has 0 spiro atoms. The number of halogens is 12. The minimum absolute atomic E-state index is 0.112. The van der Waals surface area contributed by atoms with Crippen LogP contribution in [0.15, 0.2) is 91.0 Å². The molecule has 0 aliphatic carbocycles. The third-order valence-electron chi connectivity index (χ3n) is 13.9. The molecule has 12 nitrogen and oxygen atoms in total. The Kier molecular flexibility index (Phi) is 20.7. The monoisotopic (exact) mass is 1250 g/mol. The predicted molar refractivity (Wildman–Crippen MR) is 296 cm³/mol. The molecule has 474 valence electrons. The molecule has 0 saturated heterocycles. The number of esters is 2. The van der Waals surface area contributed by atoms with Crippen molar-refractivity contribution in [1.82, 2.24) is 0 Å². The second kappa shape index (κ2) is 26.9. The summed E-state index contributed by atoms with van der Waals surface area (Å²) in [5.41, 5.74) is -6.62. The maximum atomic E-state index is 15.1. The highest BCUT2D eigenvalue weighted by Gasteiger charge is 2.45. The number of carboxylic acids is 1. The lowest BCUT2D eigenvalue weighted by Crippen LogP contribution is -2.30. The minimum atomic E-state index is -4.90. The maximum absolute atomic E-state index is 15.1. The first kappa shape index (κ1) is 67.7. The first-order valence-corrected chi connectivity index (χ1v) is 27.4. The number of hydrogen-bond acceptors (Lipinski definition) is 11. The number of alkyl halides is 9. The van der Waals surface area contributed by atoms with Crippen LogP contribution in [0.2, 0.25) is 0 Å². The summed E-state index contributed by atoms with van der Waals surface area (Å²) in [6.45, 7) is 10.9. The highest BCUT2D eigenvalue weighted by atomic mass is 19.4. The zero-order chi connectivity index (χ0) is 65.0. The van der Waals surface area contributed by atoms with Crippen LogP contribution < -0.4 is 14.2 Å². The molecule has 3 aliphatic rings. The smallest absolute Gasteiger partial charge is 0.416 e. The molecule has 0 radical (unpaired) electrons. The van der Waals surface area contributed by atoms with Crippen LogP contribution >= 0.6 is 0 Å². The zero-order valence-electron chi connectivity index (χ0n) is 48.8. The van der Waals surface area contributed by atoms with Crippen molar-refractivity contribution in [3.8, 4) is 50.6 Å². The Labute approximate surface area is 498 Å². The van der Waals surface area contributed by atoms with Crippen LogP contribution in [0.3, 0.4) is 0 Å². The molecule has 0 bridgehead atoms. The number of hydrogen-bond donors (Lipinski definition) is 2. The summed E-state index contributed by atoms with van der Waals surface area (Å²) in [6, 6.07) is 17.5. The number of ether oxygens (including phenoxy) is 7. The minimum Gasteiger partial charge on any atom is -0.493 e. The van der Waals surface area contributed by atoms with Crippen LogP contribution in [0.4, 0.5) is 52.7 Å². The molecule has 0 amide bonds. The SMILES string of the molecule is CC(C)(C)OC(C(=O)O)c1c(C(F)(F)F)ccc(F)c1-c1ccc2c(c1)CCCO2.COC(=O)C(O)c1c(C(F)(F)F)ccc(F)c1-c1ccc2c(c1)CCCO2.COC(=O)C(OC(C)(C)C)c1c(C(F)(F)F)ccc(F)c1-c1ccc2c(c1)CCCO2. The first-order chi connectivity index (χ1) is 41.0. The van der Waals surface area contributed by atoms with E-state index in [1.807, 2.05) is 0 Å². The summed E-state index contributed by atoms with van der Waals surface area (Å²) in [6.07, 6.45) is -16.6. The fraction of sp³-hybridized carbons (Fsp3) is 0.391. The number of aliphatic hydroxyl groups excluding tert-OH is 1. The van der Waals surface area contributed by atoms with Crippen LogP contribution in [0, 0.1) is 17.5 Å². The molecule has 0 aromatic heterocycles. The van der Waals surface area contributed by atoms with Gasteiger partial charge in [0.2, 0.25) is 0 Å². The molecule has 9 rings (SSSR count). The van der Waals surface area contributed by atoms with E-state index < -0.39 is 128 Å². The number of aliphatic carboxylic acids is 1. The fourth-order valence-corrected chi connectivity index (χ4v) is 10.3. The molecule has 88 heavy (non-hydrogen) atoms. The van der Waals surface area contributed by atoms with Crippen LogP contribution in [-0.4, -0.2) is 73.4 Å². The number of carbonyl (C=O) groups is 3. The van der Waals surface area contributed by atoms with Crippen LogP contribution in [-0.2, 0) is 71.1 Å². The van der Waals surface area contributed by atoms with Gasteiger partial charge in [-0.25, -0.2) is 27.6 Å². The zero-order valence-corrected chi connectivity index (χ0v) is 48.8. The average molecular weight is 1250 g/mol. The number of rotatable bonds is 11. The van der Waals surface area contributed by atoms with Crippen LogP contribution in [0.1, 0.15) is 129 Å². The predicted octanol–water partition coefficient (Wildman–Crippen LogP) is 15.7. The molecular formula is C64H62F12O12. The van der Waals surface area contributed by atoms with E-state index in [9.17, 15) is 72.9 Å². The lowest BCUT2D eigenvalue weighted by atomic mass is 9.89. The van der Waals surface area contributed by atoms with Crippen molar-refractivity contribution in [2.24, 2.45) is 0 Å². The average Bonchev–Trinajstić information content (AvgIpc) is 0.912. The molecule has 2 N–H and O–H groups in total. The molecule has 3 atom stereocenters. The molecule has 24 heteroatoms. The molecule has 3 heterocycles. The molecule has 3 unspecified atom stereocenters. The summed E-state index contributed by atoms with van der Waals surface area (Å²) in [4.78, 5) is 36.2. The number of aliphatic hydroxyl groups is 1. The number of carbonyl (C=O) groups excluding carboxylic acids is 2. The van der Waals surface area contributed by atoms with E-state index >= 15 is 4.39 Å². The highest BCUT2D eigenvalue weighted by molar-refractivity contribution is 5.85. The molecule has 6 aromatic rings. The second-order valence-electron chi connectivity index (χ2n) is 22.5. The standard InChI is InChI=1S/C23H24F4O4.C22H22F4O4.C19H16F4O4/c1-22(2,3)31-20(21(28)29-4)19-15(23(25,26)27)8-9-16(24)18(19)14-7-10-17-13(12-14)6-5-11-30-17;1-21(2,3)30-19(20(27)28)18-14(22(24,25)26)7-8-15(23)17(18)13-6-9-16-12(11-13)5-4-10-29-16;1-26-18(25)17(24)16-12(19(21,22)23)5-6-13(20)15(16)11-4-7-14-10(9-11)3-2-8-27-14/h7-10,12,20H,5-6,11H2,1-4H3;6-9,11,19H,4-5,10H2,1-3H3,(H,27,28);4-7,9,17,24H,2-3,8H2,1H3. The normalized spacial score (nSPS) is 15.1. The van der Waals surface area contributed by atoms with Crippen LogP contribution in [0.5, 0.6) is 17.2 Å². The molecule has 0 fully saturated rings. The van der Waals surface area contributed by atoms with Gasteiger partial charge in [-0.1, -0.05) is 18.2 Å². The van der Waals surface area contributed by atoms with Crippen molar-refractivity contribution in [3.05, 3.63) is 159 Å². The first-order valence-electron chi connectivity index (χ1n) is 27.4. The topological polar surface area (TPSA) is 156 Å². The summed E-state index contributed by atoms with van der Waals surface area (Å²) in [7, 11) is 1.97. The van der Waals surface area contributed by atoms with Gasteiger partial charge in [-0.05, 0) is 186 Å². The van der Waals surface area contributed by atoms with E-state index in [4.69, 9.17) is 28.4 Å². The van der Waals surface area contributed by atoms with E-state index in [1.165, 1.54) is 51.1 Å². The van der Waals surface area contributed by atoms with E-state index in [0.717, 1.165) is 50.7 Å². The van der Waals surface area contributed by atoms with Gasteiger partial charge in [0.15, 0.2) is 18.3 Å². The summed E-state index contributed by atoms with van der Waals surface area (Å²) in [5.74, 6) is -5.07. The molecule has 6 aromatic carbocycles. The second-order valence-corrected chi connectivity index (χ2v) is 22.5. The molecule has 0 saturated carbocycles. The molecule has 3 aliphatic heterocycles. The Morgan fingerprint density at radius 2 is 0.761 bits per heavy atom. The van der Waals surface area contributed by atoms with E-state index in [-0.39, 0.29) is 22.3 Å². The Morgan fingerprint density at radius 1 is 0.455 bits per heavy atom. The third-order valence-corrected chi connectivity index (χ3v) is 13.9. The third kappa shape index (κ3) is 15.9. The van der Waals surface area contributed by atoms with Gasteiger partial charge in [-0.2, -0.15) is 39.5 Å². The lowest BCUT2D eigenvalue weighted by molar-refractivity contribution is -0.166. The van der Waals surface area contributed by atoms with Crippen LogP contribution in [0.25, 0.3) is 33.4 Å². The van der Waals surface area contributed by atoms with Gasteiger partial charge < -0.3 is 43.4 Å². The van der Waals surface area contributed by atoms with E-state index in [2.05, 4.69) is 4.74 Å². The summed E-state index contributed by atoms with van der Waals surface area (Å²) in [5, 5.41) is 19.9. The number of fused-ring (bicyclic) bond motifs is 3. The van der Waals surface area contributed by atoms with Gasteiger partial charge in [0.1, 0.15) is 34.7 Å². The fourth-order valence-electron chi connectivity index (χ4n) is 10.3. The van der Waals surface area contributed by atoms with Gasteiger partial charge in [0.25, 0.3) is 0 Å². The molecular weight excluding hydrogens is 1190 g/mol. The van der Waals surface area contributed by atoms with Crippen molar-refractivity contribution < 1.29 is 110 Å². The van der Waals surface area contributed by atoms with Crippen molar-refractivity contribution in [3.63, 3.8) is 0 Å². The number of aryl methyl sites for hydroxylation is 3. The van der Waals surface area contributed by atoms with E-state index in [0.29, 0.717) is 92.2 Å². The number of benzene rings is 6.